The lowest BCUT2D eigenvalue weighted by Crippen LogP contribution is -2.19. The SMILES string of the molecule is O=c1oc2cccnc2n1CCn1nnnc1C=Cc1ccccc1. The molecule has 25 heavy (non-hydrogen) atoms. The molecule has 0 aliphatic carbocycles. The van der Waals surface area contributed by atoms with Crippen LogP contribution in [-0.4, -0.2) is 29.8 Å². The first-order valence-electron chi connectivity index (χ1n) is 7.75. The Balaban J connectivity index is 1.54. The quantitative estimate of drug-likeness (QED) is 0.553. The monoisotopic (exact) mass is 334 g/mol. The van der Waals surface area contributed by atoms with Crippen molar-refractivity contribution in [1.82, 2.24) is 29.8 Å². The van der Waals surface area contributed by atoms with Crippen LogP contribution in [0.2, 0.25) is 0 Å². The maximum Gasteiger partial charge on any atom is 0.421 e. The molecule has 0 aliphatic rings. The lowest BCUT2D eigenvalue weighted by atomic mass is 10.2. The average Bonchev–Trinajstić information content (AvgIpc) is 3.22. The van der Waals surface area contributed by atoms with E-state index in [9.17, 15) is 4.79 Å². The van der Waals surface area contributed by atoms with Crippen LogP contribution in [0.15, 0.2) is 57.9 Å². The van der Waals surface area contributed by atoms with Gasteiger partial charge < -0.3 is 4.42 Å². The molecular weight excluding hydrogens is 320 g/mol. The molecule has 0 fully saturated rings. The Kier molecular flexibility index (Phi) is 3.91. The zero-order valence-corrected chi connectivity index (χ0v) is 13.2. The van der Waals surface area contributed by atoms with Gasteiger partial charge in [0.05, 0.1) is 13.1 Å². The van der Waals surface area contributed by atoms with E-state index in [0.717, 1.165) is 5.56 Å². The number of benzene rings is 1. The van der Waals surface area contributed by atoms with Gasteiger partial charge in [0, 0.05) is 6.20 Å². The Morgan fingerprint density at radius 1 is 1.04 bits per heavy atom. The summed E-state index contributed by atoms with van der Waals surface area (Å²) in [5.74, 6) is 0.167. The summed E-state index contributed by atoms with van der Waals surface area (Å²) in [5.41, 5.74) is 2.04. The van der Waals surface area contributed by atoms with Crippen LogP contribution in [0.1, 0.15) is 11.4 Å². The molecule has 0 atom stereocenters. The third kappa shape index (κ3) is 3.09. The fourth-order valence-electron chi connectivity index (χ4n) is 2.52. The minimum absolute atomic E-state index is 0.361. The van der Waals surface area contributed by atoms with Crippen molar-refractivity contribution in [3.8, 4) is 0 Å². The highest BCUT2D eigenvalue weighted by molar-refractivity contribution is 5.67. The van der Waals surface area contributed by atoms with Gasteiger partial charge in [-0.2, -0.15) is 0 Å². The molecule has 8 heteroatoms. The third-order valence-corrected chi connectivity index (χ3v) is 3.74. The highest BCUT2D eigenvalue weighted by Crippen LogP contribution is 2.09. The lowest BCUT2D eigenvalue weighted by molar-refractivity contribution is 0.464. The summed E-state index contributed by atoms with van der Waals surface area (Å²) in [6.07, 6.45) is 5.39. The first-order chi connectivity index (χ1) is 12.3. The second-order valence-electron chi connectivity index (χ2n) is 5.35. The molecular formula is C17H14N6O2. The standard InChI is InChI=1S/C17H14N6O2/c24-17-22(16-14(25-17)7-4-10-18-16)11-12-23-15(19-20-21-23)9-8-13-5-2-1-3-6-13/h1-10H,11-12H2. The molecule has 0 spiro atoms. The molecule has 3 aromatic heterocycles. The van der Waals surface area contributed by atoms with Crippen molar-refractivity contribution in [1.29, 1.82) is 0 Å². The van der Waals surface area contributed by atoms with Crippen LogP contribution in [0, 0.1) is 0 Å². The van der Waals surface area contributed by atoms with Crippen molar-refractivity contribution in [3.05, 3.63) is 70.6 Å². The van der Waals surface area contributed by atoms with Gasteiger partial charge in [-0.1, -0.05) is 36.4 Å². The van der Waals surface area contributed by atoms with Gasteiger partial charge in [0.1, 0.15) is 0 Å². The summed E-state index contributed by atoms with van der Waals surface area (Å²) in [5, 5.41) is 11.7. The molecule has 0 saturated heterocycles. The first-order valence-corrected chi connectivity index (χ1v) is 7.75. The summed E-state index contributed by atoms with van der Waals surface area (Å²) in [4.78, 5) is 16.2. The molecule has 0 saturated carbocycles. The number of hydrogen-bond donors (Lipinski definition) is 0. The van der Waals surface area contributed by atoms with Crippen LogP contribution < -0.4 is 5.76 Å². The van der Waals surface area contributed by atoms with Gasteiger partial charge in [-0.15, -0.1) is 5.10 Å². The fourth-order valence-corrected chi connectivity index (χ4v) is 2.52. The van der Waals surface area contributed by atoms with Crippen LogP contribution >= 0.6 is 0 Å². The summed E-state index contributed by atoms with van der Waals surface area (Å²) in [7, 11) is 0. The number of hydrogen-bond acceptors (Lipinski definition) is 6. The lowest BCUT2D eigenvalue weighted by Gasteiger charge is -2.02. The van der Waals surface area contributed by atoms with Gasteiger partial charge in [-0.3, -0.25) is 4.57 Å². The van der Waals surface area contributed by atoms with Crippen molar-refractivity contribution in [3.63, 3.8) is 0 Å². The Hall–Kier alpha value is -3.55. The van der Waals surface area contributed by atoms with Crippen LogP contribution in [0.4, 0.5) is 0 Å². The first kappa shape index (κ1) is 15.0. The van der Waals surface area contributed by atoms with Gasteiger partial charge in [0.2, 0.25) is 0 Å². The van der Waals surface area contributed by atoms with E-state index in [1.54, 1.807) is 23.0 Å². The van der Waals surface area contributed by atoms with E-state index in [0.29, 0.717) is 30.1 Å². The van der Waals surface area contributed by atoms with Gasteiger partial charge in [0.25, 0.3) is 0 Å². The van der Waals surface area contributed by atoms with Crippen LogP contribution in [0.3, 0.4) is 0 Å². The van der Waals surface area contributed by atoms with Crippen molar-refractivity contribution >= 4 is 23.4 Å². The van der Waals surface area contributed by atoms with E-state index in [4.69, 9.17) is 4.42 Å². The topological polar surface area (TPSA) is 91.6 Å². The Labute approximate surface area is 142 Å². The predicted octanol–water partition coefficient (Wildman–Crippen LogP) is 1.85. The van der Waals surface area contributed by atoms with E-state index in [1.165, 1.54) is 4.57 Å². The smallest absolute Gasteiger partial charge is 0.406 e. The van der Waals surface area contributed by atoms with Crippen LogP contribution in [0.25, 0.3) is 23.4 Å². The minimum Gasteiger partial charge on any atom is -0.406 e. The predicted molar refractivity (Wildman–Crippen MR) is 91.5 cm³/mol. The molecule has 0 aliphatic heterocycles. The molecule has 0 radical (unpaired) electrons. The molecule has 4 rings (SSSR count). The maximum atomic E-state index is 12.0. The highest BCUT2D eigenvalue weighted by Gasteiger charge is 2.11. The third-order valence-electron chi connectivity index (χ3n) is 3.74. The number of oxazole rings is 1. The van der Waals surface area contributed by atoms with Gasteiger partial charge in [-0.25, -0.2) is 14.5 Å². The van der Waals surface area contributed by atoms with E-state index < -0.39 is 5.76 Å². The number of aromatic nitrogens is 6. The number of tetrazole rings is 1. The highest BCUT2D eigenvalue weighted by atomic mass is 16.4. The van der Waals surface area contributed by atoms with E-state index >= 15 is 0 Å². The molecule has 0 unspecified atom stereocenters. The molecule has 0 N–H and O–H groups in total. The maximum absolute atomic E-state index is 12.0. The van der Waals surface area contributed by atoms with Crippen molar-refractivity contribution in [2.45, 2.75) is 13.1 Å². The summed E-state index contributed by atoms with van der Waals surface area (Å²) in [6, 6.07) is 13.3. The number of nitrogens with zero attached hydrogens (tertiary/aromatic N) is 6. The normalized spacial score (nSPS) is 11.5. The molecule has 0 amide bonds. The van der Waals surface area contributed by atoms with Crippen molar-refractivity contribution in [2.75, 3.05) is 0 Å². The number of fused-ring (bicyclic) bond motifs is 1. The fraction of sp³-hybridized carbons (Fsp3) is 0.118. The van der Waals surface area contributed by atoms with E-state index in [2.05, 4.69) is 20.5 Å². The Morgan fingerprint density at radius 2 is 1.92 bits per heavy atom. The van der Waals surface area contributed by atoms with Crippen LogP contribution in [0.5, 0.6) is 0 Å². The molecule has 124 valence electrons. The average molecular weight is 334 g/mol. The molecule has 1 aromatic carbocycles. The zero-order chi connectivity index (χ0) is 17.1. The summed E-state index contributed by atoms with van der Waals surface area (Å²) >= 11 is 0. The largest absolute Gasteiger partial charge is 0.421 e. The zero-order valence-electron chi connectivity index (χ0n) is 13.2. The van der Waals surface area contributed by atoms with Gasteiger partial charge in [-0.05, 0) is 34.2 Å². The van der Waals surface area contributed by atoms with Crippen LogP contribution in [-0.2, 0) is 13.1 Å². The number of rotatable bonds is 5. The summed E-state index contributed by atoms with van der Waals surface area (Å²) in [6.45, 7) is 0.784. The van der Waals surface area contributed by atoms with E-state index in [-0.39, 0.29) is 0 Å². The van der Waals surface area contributed by atoms with E-state index in [1.807, 2.05) is 42.5 Å². The second kappa shape index (κ2) is 6.52. The minimum atomic E-state index is -0.442. The van der Waals surface area contributed by atoms with Gasteiger partial charge in [0.15, 0.2) is 17.1 Å². The van der Waals surface area contributed by atoms with Gasteiger partial charge >= 0.3 is 5.76 Å². The molecule has 0 bridgehead atoms. The molecule has 8 nitrogen and oxygen atoms in total. The molecule has 3 heterocycles. The van der Waals surface area contributed by atoms with Crippen molar-refractivity contribution < 1.29 is 4.42 Å². The Morgan fingerprint density at radius 3 is 2.80 bits per heavy atom. The summed E-state index contributed by atoms with van der Waals surface area (Å²) < 4.78 is 8.28. The molecule has 4 aromatic rings. The van der Waals surface area contributed by atoms with Crippen molar-refractivity contribution in [2.24, 2.45) is 0 Å². The second-order valence-corrected chi connectivity index (χ2v) is 5.35. The Bertz CT molecular complexity index is 1080. The number of aryl methyl sites for hydroxylation is 2. The number of pyridine rings is 1.